The summed E-state index contributed by atoms with van der Waals surface area (Å²) in [4.78, 5) is 11.6. The minimum absolute atomic E-state index is 0. The fourth-order valence-electron chi connectivity index (χ4n) is 2.72. The standard InChI is InChI=1S/C20H40O2.Sn.2H/c1-3-5-7-9-11-12-13-14-16-18-20(21)22-19-17-15-10-8-6-4-2;;;/h3-19H2,1-2H3;;;. The summed E-state index contributed by atoms with van der Waals surface area (Å²) in [7, 11) is 0. The number of rotatable bonds is 17. The molecule has 138 valence electrons. The Labute approximate surface area is 162 Å². The van der Waals surface area contributed by atoms with Gasteiger partial charge < -0.3 is 4.74 Å². The number of esters is 1. The van der Waals surface area contributed by atoms with Gasteiger partial charge in [0, 0.05) is 6.42 Å². The van der Waals surface area contributed by atoms with Crippen molar-refractivity contribution in [2.24, 2.45) is 0 Å². The fraction of sp³-hybridized carbons (Fsp3) is 0.950. The van der Waals surface area contributed by atoms with Crippen LogP contribution in [-0.2, 0) is 9.53 Å². The molecule has 0 saturated heterocycles. The van der Waals surface area contributed by atoms with Gasteiger partial charge in [-0.25, -0.2) is 0 Å². The second-order valence-electron chi connectivity index (χ2n) is 6.57. The van der Waals surface area contributed by atoms with Crippen molar-refractivity contribution in [3.63, 3.8) is 0 Å². The first-order valence-corrected chi connectivity index (χ1v) is 9.96. The number of hydrogen-bond acceptors (Lipinski definition) is 2. The average Bonchev–Trinajstić information content (AvgIpc) is 2.52. The predicted octanol–water partition coefficient (Wildman–Crippen LogP) is 5.89. The zero-order valence-corrected chi connectivity index (χ0v) is 20.1. The monoisotopic (exact) mass is 434 g/mol. The third-order valence-corrected chi connectivity index (χ3v) is 4.25. The van der Waals surface area contributed by atoms with Crippen LogP contribution < -0.4 is 0 Å². The van der Waals surface area contributed by atoms with E-state index in [4.69, 9.17) is 4.74 Å². The SMILES string of the molecule is CCCCCCCCCCCC(=O)OCCCCCCCC.[SnH2]. The van der Waals surface area contributed by atoms with Crippen molar-refractivity contribution in [1.82, 2.24) is 0 Å². The van der Waals surface area contributed by atoms with E-state index in [1.54, 1.807) is 0 Å². The molecule has 0 atom stereocenters. The van der Waals surface area contributed by atoms with E-state index in [0.29, 0.717) is 13.0 Å². The molecule has 0 aromatic heterocycles. The molecule has 0 unspecified atom stereocenters. The molecule has 0 aliphatic rings. The van der Waals surface area contributed by atoms with Crippen LogP contribution in [-0.4, -0.2) is 36.5 Å². The van der Waals surface area contributed by atoms with E-state index in [9.17, 15) is 4.79 Å². The van der Waals surface area contributed by atoms with Crippen LogP contribution in [0.1, 0.15) is 117 Å². The van der Waals surface area contributed by atoms with Crippen LogP contribution in [0.15, 0.2) is 0 Å². The summed E-state index contributed by atoms with van der Waals surface area (Å²) in [5, 5.41) is 0. The summed E-state index contributed by atoms with van der Waals surface area (Å²) in [6, 6.07) is 0. The summed E-state index contributed by atoms with van der Waals surface area (Å²) in [5.74, 6) is 0.0107. The number of unbranched alkanes of at least 4 members (excludes halogenated alkanes) is 13. The van der Waals surface area contributed by atoms with E-state index in [1.165, 1.54) is 83.5 Å². The molecule has 3 heteroatoms. The Morgan fingerprint density at radius 2 is 1.00 bits per heavy atom. The van der Waals surface area contributed by atoms with Gasteiger partial charge in [-0.15, -0.1) is 0 Å². The van der Waals surface area contributed by atoms with E-state index >= 15 is 0 Å². The summed E-state index contributed by atoms with van der Waals surface area (Å²) in [6.07, 6.45) is 19.7. The van der Waals surface area contributed by atoms with E-state index in [-0.39, 0.29) is 29.9 Å². The quantitative estimate of drug-likeness (QED) is 0.162. The Hall–Kier alpha value is 0.269. The van der Waals surface area contributed by atoms with E-state index in [1.807, 2.05) is 0 Å². The van der Waals surface area contributed by atoms with E-state index in [0.717, 1.165) is 12.8 Å². The van der Waals surface area contributed by atoms with Gasteiger partial charge in [0.2, 0.25) is 0 Å². The Morgan fingerprint density at radius 1 is 0.609 bits per heavy atom. The van der Waals surface area contributed by atoms with Gasteiger partial charge in [0.05, 0.1) is 6.61 Å². The number of hydrogen-bond donors (Lipinski definition) is 0. The van der Waals surface area contributed by atoms with Gasteiger partial charge in [-0.1, -0.05) is 97.3 Å². The van der Waals surface area contributed by atoms with Crippen molar-refractivity contribution >= 4 is 29.9 Å². The Bertz CT molecular complexity index is 232. The van der Waals surface area contributed by atoms with Crippen molar-refractivity contribution in [3.8, 4) is 0 Å². The molecule has 2 radical (unpaired) electrons. The molecule has 0 saturated carbocycles. The van der Waals surface area contributed by atoms with Crippen molar-refractivity contribution in [1.29, 1.82) is 0 Å². The number of ether oxygens (including phenoxy) is 1. The molecule has 0 heterocycles. The number of carbonyl (C=O) groups excluding carboxylic acids is 1. The van der Waals surface area contributed by atoms with Gasteiger partial charge in [0.25, 0.3) is 0 Å². The summed E-state index contributed by atoms with van der Waals surface area (Å²) < 4.78 is 5.28. The predicted molar refractivity (Wildman–Crippen MR) is 105 cm³/mol. The first kappa shape index (κ1) is 25.5. The minimum atomic E-state index is 0. The maximum absolute atomic E-state index is 11.6. The van der Waals surface area contributed by atoms with Crippen LogP contribution in [0.25, 0.3) is 0 Å². The summed E-state index contributed by atoms with van der Waals surface area (Å²) >= 11 is 0. The molecule has 0 fully saturated rings. The van der Waals surface area contributed by atoms with Crippen LogP contribution in [0.3, 0.4) is 0 Å². The van der Waals surface area contributed by atoms with E-state index < -0.39 is 0 Å². The van der Waals surface area contributed by atoms with Crippen LogP contribution in [0.4, 0.5) is 0 Å². The van der Waals surface area contributed by atoms with Gasteiger partial charge in [0.1, 0.15) is 0 Å². The zero-order valence-electron chi connectivity index (χ0n) is 16.0. The Balaban J connectivity index is 0. The van der Waals surface area contributed by atoms with Crippen LogP contribution in [0.5, 0.6) is 0 Å². The average molecular weight is 433 g/mol. The zero-order chi connectivity index (χ0) is 16.3. The van der Waals surface area contributed by atoms with Crippen molar-refractivity contribution in [2.45, 2.75) is 117 Å². The second kappa shape index (κ2) is 22.3. The van der Waals surface area contributed by atoms with Gasteiger partial charge in [-0.2, -0.15) is 0 Å². The van der Waals surface area contributed by atoms with Crippen LogP contribution >= 0.6 is 0 Å². The second-order valence-corrected chi connectivity index (χ2v) is 6.57. The molecule has 0 spiro atoms. The molecule has 0 aliphatic carbocycles. The summed E-state index contributed by atoms with van der Waals surface area (Å²) in [6.45, 7) is 5.11. The van der Waals surface area contributed by atoms with Gasteiger partial charge in [-0.05, 0) is 12.8 Å². The fourth-order valence-corrected chi connectivity index (χ4v) is 2.72. The van der Waals surface area contributed by atoms with Crippen LogP contribution in [0.2, 0.25) is 0 Å². The van der Waals surface area contributed by atoms with Crippen molar-refractivity contribution in [2.75, 3.05) is 6.61 Å². The topological polar surface area (TPSA) is 26.3 Å². The molecule has 0 N–H and O–H groups in total. The Morgan fingerprint density at radius 3 is 1.48 bits per heavy atom. The van der Waals surface area contributed by atoms with Gasteiger partial charge in [-0.3, -0.25) is 4.79 Å². The molecule has 23 heavy (non-hydrogen) atoms. The van der Waals surface area contributed by atoms with Crippen molar-refractivity contribution < 1.29 is 9.53 Å². The molecule has 2 nitrogen and oxygen atoms in total. The molecule has 0 aromatic rings. The van der Waals surface area contributed by atoms with Crippen LogP contribution in [0, 0.1) is 0 Å². The van der Waals surface area contributed by atoms with Crippen molar-refractivity contribution in [3.05, 3.63) is 0 Å². The Kier molecular flexibility index (Phi) is 24.7. The molecule has 0 bridgehead atoms. The third-order valence-electron chi connectivity index (χ3n) is 4.25. The summed E-state index contributed by atoms with van der Waals surface area (Å²) in [5.41, 5.74) is 0. The normalized spacial score (nSPS) is 10.3. The molecule has 0 amide bonds. The first-order valence-electron chi connectivity index (χ1n) is 9.96. The maximum atomic E-state index is 11.6. The molecular formula is C20H42O2Sn. The van der Waals surface area contributed by atoms with Gasteiger partial charge in [0.15, 0.2) is 0 Å². The molecule has 0 aliphatic heterocycles. The first-order chi connectivity index (χ1) is 10.8. The molecule has 0 rings (SSSR count). The number of carbonyl (C=O) groups is 1. The molecule has 0 aromatic carbocycles. The van der Waals surface area contributed by atoms with E-state index in [2.05, 4.69) is 13.8 Å². The van der Waals surface area contributed by atoms with Gasteiger partial charge >= 0.3 is 29.9 Å². The third kappa shape index (κ3) is 22.3. The molecular weight excluding hydrogens is 391 g/mol.